The minimum absolute atomic E-state index is 0.129. The molecule has 0 radical (unpaired) electrons. The second-order valence-electron chi connectivity index (χ2n) is 13.3. The molecule has 0 fully saturated rings. The van der Waals surface area contributed by atoms with Crippen molar-refractivity contribution in [3.8, 4) is 0 Å². The Kier molecular flexibility index (Phi) is 6.88. The van der Waals surface area contributed by atoms with Gasteiger partial charge in [0.25, 0.3) is 0 Å². The van der Waals surface area contributed by atoms with E-state index in [9.17, 15) is 0 Å². The molecule has 2 heterocycles. The molecule has 0 saturated heterocycles. The summed E-state index contributed by atoms with van der Waals surface area (Å²) in [6.45, 7) is 4.61. The number of rotatable bonds is 4. The van der Waals surface area contributed by atoms with Gasteiger partial charge in [-0.1, -0.05) is 111 Å². The van der Waals surface area contributed by atoms with Crippen molar-refractivity contribution in [1.29, 1.82) is 0 Å². The first kappa shape index (κ1) is 30.0. The topological polar surface area (TPSA) is 20.3 Å². The Bertz CT molecular complexity index is 2260. The fourth-order valence-electron chi connectivity index (χ4n) is 8.13. The van der Waals surface area contributed by atoms with Crippen LogP contribution in [0.1, 0.15) is 25.0 Å². The Morgan fingerprint density at radius 1 is 0.469 bits per heavy atom. The number of fused-ring (bicyclic) bond motifs is 4. The van der Waals surface area contributed by atoms with E-state index in [1.807, 2.05) is 0 Å². The van der Waals surface area contributed by atoms with Crippen LogP contribution in [-0.2, 0) is 9.98 Å². The first-order valence-corrected chi connectivity index (χ1v) is 20.1. The third kappa shape index (κ3) is 4.19. The first-order valence-electron chi connectivity index (χ1n) is 16.8. The highest BCUT2D eigenvalue weighted by molar-refractivity contribution is 8.34. The molecule has 49 heavy (non-hydrogen) atoms. The van der Waals surface area contributed by atoms with Crippen molar-refractivity contribution in [1.82, 2.24) is 0 Å². The predicted octanol–water partition coefficient (Wildman–Crippen LogP) is 11.1. The standard InChI is InChI=1S/C45H36NOPS/c1-45(2)37-21-9-11-23-39(37)46(40-24-12-10-22-38(40)45)33-29-31-34(32-30-33)48(47)41-25-13-15-27-43(41)49(35-17-5-3-6-18-35,36-19-7-4-8-20-36)44-28-16-14-26-42(44)48/h3-32H,1-2H3. The molecular weight excluding hydrogens is 634 g/mol. The maximum Gasteiger partial charge on any atom is 0.173 e. The highest BCUT2D eigenvalue weighted by Crippen LogP contribution is 2.77. The van der Waals surface area contributed by atoms with Crippen molar-refractivity contribution in [2.75, 3.05) is 4.90 Å². The molecule has 0 spiro atoms. The quantitative estimate of drug-likeness (QED) is 0.174. The van der Waals surface area contributed by atoms with E-state index < -0.39 is 17.2 Å². The number of anilines is 3. The summed E-state index contributed by atoms with van der Waals surface area (Å²) in [6.07, 6.45) is 0. The molecule has 0 N–H and O–H groups in total. The van der Waals surface area contributed by atoms with Crippen LogP contribution >= 0.6 is 17.2 Å². The lowest BCUT2D eigenvalue weighted by Gasteiger charge is -2.48. The Labute approximate surface area is 290 Å². The van der Waals surface area contributed by atoms with Gasteiger partial charge in [-0.05, 0) is 96.1 Å². The summed E-state index contributed by atoms with van der Waals surface area (Å²) in [6, 6.07) is 64.6. The van der Waals surface area contributed by atoms with E-state index in [0.717, 1.165) is 31.4 Å². The lowest BCUT2D eigenvalue weighted by molar-refractivity contribution is 0.591. The van der Waals surface area contributed by atoms with Crippen molar-refractivity contribution >= 4 is 50.1 Å². The van der Waals surface area contributed by atoms with Gasteiger partial charge >= 0.3 is 0 Å². The van der Waals surface area contributed by atoms with Gasteiger partial charge in [-0.25, -0.2) is 0 Å². The molecule has 0 unspecified atom stereocenters. The van der Waals surface area contributed by atoms with E-state index in [4.69, 9.17) is 0 Å². The number of hydrogen-bond donors (Lipinski definition) is 0. The number of benzene rings is 7. The normalized spacial score (nSPS) is 16.7. The molecule has 2 nitrogen and oxygen atoms in total. The van der Waals surface area contributed by atoms with Crippen molar-refractivity contribution < 1.29 is 4.57 Å². The summed E-state index contributed by atoms with van der Waals surface area (Å²) >= 11 is 0. The summed E-state index contributed by atoms with van der Waals surface area (Å²) in [7, 11) is -5.21. The lowest BCUT2D eigenvalue weighted by atomic mass is 9.73. The molecule has 238 valence electrons. The minimum Gasteiger partial charge on any atom is -0.310 e. The smallest absolute Gasteiger partial charge is 0.173 e. The van der Waals surface area contributed by atoms with Crippen LogP contribution in [-0.4, -0.2) is 0 Å². The minimum atomic E-state index is -3.28. The molecule has 0 bridgehead atoms. The Hall–Kier alpha value is -5.08. The molecule has 0 aromatic heterocycles. The fourth-order valence-corrected chi connectivity index (χ4v) is 16.5. The van der Waals surface area contributed by atoms with Gasteiger partial charge in [0.2, 0.25) is 0 Å². The third-order valence-corrected chi connectivity index (χ3v) is 17.8. The van der Waals surface area contributed by atoms with Gasteiger partial charge in [-0.15, -0.1) is 10.0 Å². The maximum absolute atomic E-state index is 16.2. The SMILES string of the molecule is CC1(C)c2ccccc2N(c2ccc(P3(=O)c4ccccc4S(c4ccccc4)(c4ccccc4)c4ccccc43)cc2)c2ccccc21. The largest absolute Gasteiger partial charge is 0.310 e. The average molecular weight is 670 g/mol. The lowest BCUT2D eigenvalue weighted by Crippen LogP contribution is -2.35. The average Bonchev–Trinajstić information content (AvgIpc) is 3.16. The van der Waals surface area contributed by atoms with Gasteiger partial charge in [-0.3, -0.25) is 0 Å². The zero-order valence-electron chi connectivity index (χ0n) is 27.5. The van der Waals surface area contributed by atoms with Gasteiger partial charge in [0, 0.05) is 46.6 Å². The van der Waals surface area contributed by atoms with Crippen LogP contribution < -0.4 is 20.8 Å². The van der Waals surface area contributed by atoms with Crippen LogP contribution in [0, 0.1) is 0 Å². The zero-order valence-corrected chi connectivity index (χ0v) is 29.2. The van der Waals surface area contributed by atoms with Gasteiger partial charge < -0.3 is 9.46 Å². The Balaban J connectivity index is 1.26. The van der Waals surface area contributed by atoms with E-state index >= 15 is 4.57 Å². The highest BCUT2D eigenvalue weighted by Gasteiger charge is 2.48. The van der Waals surface area contributed by atoms with Crippen molar-refractivity contribution in [2.45, 2.75) is 38.8 Å². The van der Waals surface area contributed by atoms with E-state index in [-0.39, 0.29) is 5.41 Å². The Morgan fingerprint density at radius 3 is 1.37 bits per heavy atom. The van der Waals surface area contributed by atoms with Crippen molar-refractivity contribution in [3.05, 3.63) is 193 Å². The maximum atomic E-state index is 16.2. The predicted molar refractivity (Wildman–Crippen MR) is 206 cm³/mol. The van der Waals surface area contributed by atoms with Crippen LogP contribution in [0.5, 0.6) is 0 Å². The van der Waals surface area contributed by atoms with Crippen LogP contribution in [0.2, 0.25) is 0 Å². The summed E-state index contributed by atoms with van der Waals surface area (Å²) in [5.41, 5.74) is 5.87. The molecule has 9 rings (SSSR count). The molecule has 7 aromatic rings. The van der Waals surface area contributed by atoms with Crippen LogP contribution in [0.15, 0.2) is 202 Å². The summed E-state index contributed by atoms with van der Waals surface area (Å²) in [4.78, 5) is 7.15. The molecule has 2 aliphatic rings. The fraction of sp³-hybridized carbons (Fsp3) is 0.0667. The second-order valence-corrected chi connectivity index (χ2v) is 19.0. The number of para-hydroxylation sites is 2. The third-order valence-electron chi connectivity index (χ3n) is 10.4. The van der Waals surface area contributed by atoms with Crippen molar-refractivity contribution in [3.63, 3.8) is 0 Å². The molecule has 7 aromatic carbocycles. The monoisotopic (exact) mass is 669 g/mol. The van der Waals surface area contributed by atoms with Gasteiger partial charge in [0.05, 0.1) is 11.4 Å². The van der Waals surface area contributed by atoms with Crippen molar-refractivity contribution in [2.24, 2.45) is 0 Å². The molecule has 4 heteroatoms. The second kappa shape index (κ2) is 11.2. The van der Waals surface area contributed by atoms with E-state index in [1.54, 1.807) is 0 Å². The molecular formula is C45H36NOPS. The first-order chi connectivity index (χ1) is 24.0. The van der Waals surface area contributed by atoms with Crippen LogP contribution in [0.3, 0.4) is 0 Å². The number of nitrogens with zero attached hydrogens (tertiary/aromatic N) is 1. The summed E-state index contributed by atoms with van der Waals surface area (Å²) in [5.74, 6) is 0. The van der Waals surface area contributed by atoms with Crippen LogP contribution in [0.25, 0.3) is 0 Å². The van der Waals surface area contributed by atoms with Crippen LogP contribution in [0.4, 0.5) is 17.1 Å². The zero-order chi connectivity index (χ0) is 33.2. The molecule has 0 aliphatic carbocycles. The number of hydrogen-bond acceptors (Lipinski definition) is 2. The Morgan fingerprint density at radius 2 is 0.878 bits per heavy atom. The summed E-state index contributed by atoms with van der Waals surface area (Å²) in [5, 5.41) is 2.71. The van der Waals surface area contributed by atoms with Gasteiger partial charge in [0.15, 0.2) is 7.14 Å². The van der Waals surface area contributed by atoms with E-state index in [2.05, 4.69) is 201 Å². The van der Waals surface area contributed by atoms with Gasteiger partial charge in [-0.2, -0.15) is 0 Å². The summed E-state index contributed by atoms with van der Waals surface area (Å²) < 4.78 is 16.2. The molecule has 2 aliphatic heterocycles. The molecule has 0 amide bonds. The van der Waals surface area contributed by atoms with E-state index in [1.165, 1.54) is 32.3 Å². The molecule has 0 saturated carbocycles. The highest BCUT2D eigenvalue weighted by atomic mass is 32.3. The van der Waals surface area contributed by atoms with Gasteiger partial charge in [0.1, 0.15) is 0 Å². The van der Waals surface area contributed by atoms with E-state index in [0.29, 0.717) is 0 Å². The molecule has 0 atom stereocenters.